The highest BCUT2D eigenvalue weighted by Crippen LogP contribution is 2.16. The number of aromatic nitrogens is 2. The summed E-state index contributed by atoms with van der Waals surface area (Å²) in [6.07, 6.45) is 1.58. The van der Waals surface area contributed by atoms with E-state index in [0.717, 1.165) is 23.5 Å². The average molecular weight is 215 g/mol. The predicted molar refractivity (Wildman–Crippen MR) is 56.7 cm³/mol. The van der Waals surface area contributed by atoms with E-state index in [0.29, 0.717) is 18.2 Å². The highest BCUT2D eigenvalue weighted by molar-refractivity contribution is 6.30. The zero-order valence-corrected chi connectivity index (χ0v) is 9.56. The zero-order valence-electron chi connectivity index (χ0n) is 8.80. The van der Waals surface area contributed by atoms with Gasteiger partial charge >= 0.3 is 0 Å². The van der Waals surface area contributed by atoms with Gasteiger partial charge in [-0.25, -0.2) is 9.97 Å². The summed E-state index contributed by atoms with van der Waals surface area (Å²) in [7, 11) is 1.66. The van der Waals surface area contributed by atoms with Crippen LogP contribution >= 0.6 is 11.6 Å². The first-order chi connectivity index (χ1) is 6.69. The van der Waals surface area contributed by atoms with Gasteiger partial charge in [0.05, 0.1) is 6.61 Å². The molecule has 3 nitrogen and oxygen atoms in total. The van der Waals surface area contributed by atoms with Crippen molar-refractivity contribution in [3.63, 3.8) is 0 Å². The third-order valence-corrected chi connectivity index (χ3v) is 2.41. The average Bonchev–Trinajstić information content (AvgIpc) is 2.14. The molecule has 4 heteroatoms. The molecule has 0 saturated carbocycles. The lowest BCUT2D eigenvalue weighted by atomic mass is 10.2. The topological polar surface area (TPSA) is 35.0 Å². The van der Waals surface area contributed by atoms with Crippen molar-refractivity contribution in [2.75, 3.05) is 13.7 Å². The Morgan fingerprint density at radius 1 is 1.36 bits per heavy atom. The van der Waals surface area contributed by atoms with Crippen LogP contribution in [0.5, 0.6) is 0 Å². The third-order valence-electron chi connectivity index (χ3n) is 2.09. The molecule has 0 aliphatic rings. The van der Waals surface area contributed by atoms with Crippen LogP contribution in [0, 0.1) is 6.92 Å². The van der Waals surface area contributed by atoms with E-state index in [-0.39, 0.29) is 0 Å². The molecule has 0 fully saturated rings. The fraction of sp³-hybridized carbons (Fsp3) is 0.600. The summed E-state index contributed by atoms with van der Waals surface area (Å²) in [6, 6.07) is 0. The van der Waals surface area contributed by atoms with E-state index in [9.17, 15) is 0 Å². The number of halogens is 1. The summed E-state index contributed by atoms with van der Waals surface area (Å²) >= 11 is 6.02. The van der Waals surface area contributed by atoms with E-state index >= 15 is 0 Å². The van der Waals surface area contributed by atoms with Crippen LogP contribution in [0.3, 0.4) is 0 Å². The second-order valence-corrected chi connectivity index (χ2v) is 3.45. The number of aryl methyl sites for hydroxylation is 1. The summed E-state index contributed by atoms with van der Waals surface area (Å²) < 4.78 is 4.96. The second kappa shape index (κ2) is 5.27. The number of nitrogens with zero attached hydrogens (tertiary/aromatic N) is 2. The van der Waals surface area contributed by atoms with Gasteiger partial charge in [-0.2, -0.15) is 0 Å². The van der Waals surface area contributed by atoms with Crippen molar-refractivity contribution in [3.05, 3.63) is 22.2 Å². The molecule has 1 aromatic rings. The second-order valence-electron chi connectivity index (χ2n) is 3.09. The zero-order chi connectivity index (χ0) is 10.6. The largest absolute Gasteiger partial charge is 0.384 e. The Morgan fingerprint density at radius 2 is 2.07 bits per heavy atom. The van der Waals surface area contributed by atoms with Gasteiger partial charge < -0.3 is 4.74 Å². The minimum absolute atomic E-state index is 0.575. The molecular weight excluding hydrogens is 200 g/mol. The highest BCUT2D eigenvalue weighted by atomic mass is 35.5. The van der Waals surface area contributed by atoms with Gasteiger partial charge in [0.1, 0.15) is 11.0 Å². The molecule has 1 rings (SSSR count). The monoisotopic (exact) mass is 214 g/mol. The number of hydrogen-bond acceptors (Lipinski definition) is 3. The lowest BCUT2D eigenvalue weighted by Crippen LogP contribution is -2.05. The number of ether oxygens (including phenoxy) is 1. The number of rotatable bonds is 4. The van der Waals surface area contributed by atoms with Crippen molar-refractivity contribution < 1.29 is 4.74 Å². The summed E-state index contributed by atoms with van der Waals surface area (Å²) in [6.45, 7) is 4.64. The molecule has 0 spiro atoms. The summed E-state index contributed by atoms with van der Waals surface area (Å²) in [5, 5.41) is 0.575. The van der Waals surface area contributed by atoms with Crippen molar-refractivity contribution >= 4 is 11.6 Å². The number of hydrogen-bond donors (Lipinski definition) is 0. The maximum atomic E-state index is 6.02. The van der Waals surface area contributed by atoms with Gasteiger partial charge in [-0.15, -0.1) is 0 Å². The molecule has 1 heterocycles. The van der Waals surface area contributed by atoms with E-state index in [1.807, 2.05) is 13.8 Å². The van der Waals surface area contributed by atoms with E-state index in [1.165, 1.54) is 0 Å². The van der Waals surface area contributed by atoms with Gasteiger partial charge in [0.2, 0.25) is 0 Å². The molecule has 14 heavy (non-hydrogen) atoms. The van der Waals surface area contributed by atoms with Crippen molar-refractivity contribution in [2.24, 2.45) is 0 Å². The number of methoxy groups -OCH3 is 1. The molecule has 0 bridgehead atoms. The fourth-order valence-electron chi connectivity index (χ4n) is 1.32. The molecule has 0 saturated heterocycles. The molecule has 1 aromatic heterocycles. The van der Waals surface area contributed by atoms with Crippen LogP contribution in [0.15, 0.2) is 0 Å². The molecule has 78 valence electrons. The molecule has 0 amide bonds. The molecule has 0 atom stereocenters. The van der Waals surface area contributed by atoms with Gasteiger partial charge in [-0.3, -0.25) is 0 Å². The maximum Gasteiger partial charge on any atom is 0.136 e. The van der Waals surface area contributed by atoms with Gasteiger partial charge in [-0.1, -0.05) is 18.5 Å². The Hall–Kier alpha value is -0.670. The van der Waals surface area contributed by atoms with Crippen molar-refractivity contribution in [1.29, 1.82) is 0 Å². The SMILES string of the molecule is CCc1c(C)nc(CCOC)nc1Cl. The van der Waals surface area contributed by atoms with Crippen LogP contribution in [0.2, 0.25) is 5.15 Å². The molecule has 0 radical (unpaired) electrons. The van der Waals surface area contributed by atoms with Crippen LogP contribution in [-0.2, 0) is 17.6 Å². The van der Waals surface area contributed by atoms with E-state index in [4.69, 9.17) is 16.3 Å². The van der Waals surface area contributed by atoms with Crippen LogP contribution in [0.25, 0.3) is 0 Å². The molecule has 0 aliphatic carbocycles. The summed E-state index contributed by atoms with van der Waals surface area (Å²) in [5.41, 5.74) is 2.01. The quantitative estimate of drug-likeness (QED) is 0.721. The highest BCUT2D eigenvalue weighted by Gasteiger charge is 2.07. The lowest BCUT2D eigenvalue weighted by Gasteiger charge is -2.07. The first kappa shape index (κ1) is 11.4. The normalized spacial score (nSPS) is 10.6. The third kappa shape index (κ3) is 2.66. The minimum atomic E-state index is 0.575. The Labute approximate surface area is 89.5 Å². The van der Waals surface area contributed by atoms with E-state index < -0.39 is 0 Å². The molecule has 0 N–H and O–H groups in total. The van der Waals surface area contributed by atoms with Gasteiger partial charge in [-0.05, 0) is 13.3 Å². The van der Waals surface area contributed by atoms with Crippen LogP contribution in [-0.4, -0.2) is 23.7 Å². The van der Waals surface area contributed by atoms with Crippen LogP contribution < -0.4 is 0 Å². The smallest absolute Gasteiger partial charge is 0.136 e. The Balaban J connectivity index is 2.90. The van der Waals surface area contributed by atoms with Gasteiger partial charge in [0.25, 0.3) is 0 Å². The Kier molecular flexibility index (Phi) is 4.29. The lowest BCUT2D eigenvalue weighted by molar-refractivity contribution is 0.200. The Morgan fingerprint density at radius 3 is 2.57 bits per heavy atom. The van der Waals surface area contributed by atoms with Gasteiger partial charge in [0, 0.05) is 24.8 Å². The van der Waals surface area contributed by atoms with Gasteiger partial charge in [0.15, 0.2) is 0 Å². The molecular formula is C10H15ClN2O. The van der Waals surface area contributed by atoms with Crippen LogP contribution in [0.4, 0.5) is 0 Å². The van der Waals surface area contributed by atoms with Crippen molar-refractivity contribution in [3.8, 4) is 0 Å². The fourth-order valence-corrected chi connectivity index (χ4v) is 1.69. The van der Waals surface area contributed by atoms with Crippen molar-refractivity contribution in [1.82, 2.24) is 9.97 Å². The van der Waals surface area contributed by atoms with E-state index in [1.54, 1.807) is 7.11 Å². The molecule has 0 aliphatic heterocycles. The van der Waals surface area contributed by atoms with Crippen LogP contribution in [0.1, 0.15) is 24.0 Å². The first-order valence-corrected chi connectivity index (χ1v) is 5.07. The first-order valence-electron chi connectivity index (χ1n) is 4.69. The minimum Gasteiger partial charge on any atom is -0.384 e. The molecule has 0 unspecified atom stereocenters. The predicted octanol–water partition coefficient (Wildman–Crippen LogP) is 2.19. The van der Waals surface area contributed by atoms with Crippen molar-refractivity contribution in [2.45, 2.75) is 26.7 Å². The maximum absolute atomic E-state index is 6.02. The summed E-state index contributed by atoms with van der Waals surface area (Å²) in [5.74, 6) is 0.756. The standard InChI is InChI=1S/C10H15ClN2O/c1-4-8-7(2)12-9(5-6-14-3)13-10(8)11/h4-6H2,1-3H3. The summed E-state index contributed by atoms with van der Waals surface area (Å²) in [4.78, 5) is 8.58. The van der Waals surface area contributed by atoms with E-state index in [2.05, 4.69) is 9.97 Å². The molecule has 0 aromatic carbocycles. The Bertz CT molecular complexity index is 292.